The second-order valence-corrected chi connectivity index (χ2v) is 6.08. The summed E-state index contributed by atoms with van der Waals surface area (Å²) in [6, 6.07) is 12.1. The van der Waals surface area contributed by atoms with E-state index in [1.807, 2.05) is 49.3 Å². The maximum Gasteiger partial charge on any atom is 0.286 e. The number of nitro groups is 1. The quantitative estimate of drug-likeness (QED) is 0.565. The van der Waals surface area contributed by atoms with Crippen molar-refractivity contribution in [3.63, 3.8) is 0 Å². The van der Waals surface area contributed by atoms with Crippen molar-refractivity contribution in [1.82, 2.24) is 10.2 Å². The van der Waals surface area contributed by atoms with Gasteiger partial charge < -0.3 is 19.7 Å². The Balaban J connectivity index is 2.27. The number of hydrogen-bond acceptors (Lipinski definition) is 6. The van der Waals surface area contributed by atoms with Crippen LogP contribution in [0.2, 0.25) is 0 Å². The van der Waals surface area contributed by atoms with Crippen LogP contribution in [0.5, 0.6) is 11.5 Å². The number of rotatable bonds is 8. The maximum absolute atomic E-state index is 12.7. The van der Waals surface area contributed by atoms with Gasteiger partial charge in [0.2, 0.25) is 0 Å². The third kappa shape index (κ3) is 4.73. The Labute approximate surface area is 157 Å². The molecule has 1 N–H and O–H groups in total. The molecule has 1 atom stereocenters. The lowest BCUT2D eigenvalue weighted by Gasteiger charge is -2.25. The van der Waals surface area contributed by atoms with Crippen molar-refractivity contribution >= 4 is 11.6 Å². The van der Waals surface area contributed by atoms with Crippen LogP contribution in [0.3, 0.4) is 0 Å². The Morgan fingerprint density at radius 1 is 1.15 bits per heavy atom. The Morgan fingerprint density at radius 3 is 2.26 bits per heavy atom. The molecule has 0 aromatic heterocycles. The van der Waals surface area contributed by atoms with Crippen molar-refractivity contribution in [3.8, 4) is 11.5 Å². The number of hydrogen-bond donors (Lipinski definition) is 1. The van der Waals surface area contributed by atoms with Crippen LogP contribution in [-0.4, -0.2) is 50.6 Å². The number of nitrogens with one attached hydrogen (secondary N) is 1. The van der Waals surface area contributed by atoms with Crippen LogP contribution in [0, 0.1) is 10.1 Å². The standard InChI is InChI=1S/C19H23N3O5/c1-21(2)16(13-8-6-5-7-9-13)12-20-19(23)14-10-17(26-3)18(27-4)11-15(14)22(24)25/h5-11,16H,12H2,1-4H3,(H,20,23)/t16-/m1/s1. The van der Waals surface area contributed by atoms with Crippen LogP contribution in [0.15, 0.2) is 42.5 Å². The number of benzene rings is 2. The summed E-state index contributed by atoms with van der Waals surface area (Å²) in [6.45, 7) is 0.293. The summed E-state index contributed by atoms with van der Waals surface area (Å²) in [5.41, 5.74) is 0.610. The minimum Gasteiger partial charge on any atom is -0.493 e. The van der Waals surface area contributed by atoms with Crippen molar-refractivity contribution < 1.29 is 19.2 Å². The molecule has 0 fully saturated rings. The molecule has 0 saturated carbocycles. The van der Waals surface area contributed by atoms with E-state index in [0.717, 1.165) is 5.56 Å². The van der Waals surface area contributed by atoms with E-state index in [-0.39, 0.29) is 28.8 Å². The Kier molecular flexibility index (Phi) is 6.73. The molecule has 0 aliphatic rings. The number of nitrogens with zero attached hydrogens (tertiary/aromatic N) is 2. The molecule has 0 saturated heterocycles. The molecule has 144 valence electrons. The van der Waals surface area contributed by atoms with Gasteiger partial charge in [0, 0.05) is 12.6 Å². The molecule has 8 heteroatoms. The number of amides is 1. The van der Waals surface area contributed by atoms with Gasteiger partial charge in [-0.1, -0.05) is 30.3 Å². The summed E-state index contributed by atoms with van der Waals surface area (Å²) in [7, 11) is 6.59. The number of nitro benzene ring substituents is 1. The van der Waals surface area contributed by atoms with Gasteiger partial charge in [-0.25, -0.2) is 0 Å². The summed E-state index contributed by atoms with van der Waals surface area (Å²) in [4.78, 5) is 25.4. The fraction of sp³-hybridized carbons (Fsp3) is 0.316. The van der Waals surface area contributed by atoms with Gasteiger partial charge in [0.1, 0.15) is 5.56 Å². The van der Waals surface area contributed by atoms with Crippen molar-refractivity contribution in [2.45, 2.75) is 6.04 Å². The van der Waals surface area contributed by atoms with Gasteiger partial charge >= 0.3 is 0 Å². The highest BCUT2D eigenvalue weighted by Crippen LogP contribution is 2.34. The molecule has 0 unspecified atom stereocenters. The topological polar surface area (TPSA) is 93.9 Å². The van der Waals surface area contributed by atoms with Crippen molar-refractivity contribution in [1.29, 1.82) is 0 Å². The van der Waals surface area contributed by atoms with E-state index in [9.17, 15) is 14.9 Å². The van der Waals surface area contributed by atoms with Crippen molar-refractivity contribution in [2.75, 3.05) is 34.9 Å². The number of carbonyl (C=O) groups excluding carboxylic acids is 1. The zero-order chi connectivity index (χ0) is 20.0. The third-order valence-electron chi connectivity index (χ3n) is 4.21. The average molecular weight is 373 g/mol. The molecular formula is C19H23N3O5. The van der Waals surface area contributed by atoms with Crippen LogP contribution >= 0.6 is 0 Å². The summed E-state index contributed by atoms with van der Waals surface area (Å²) in [5.74, 6) is -0.109. The van der Waals surface area contributed by atoms with Crippen LogP contribution in [0.1, 0.15) is 22.0 Å². The number of ether oxygens (including phenoxy) is 2. The molecule has 2 aromatic rings. The van der Waals surface area contributed by atoms with E-state index in [2.05, 4.69) is 5.32 Å². The van der Waals surface area contributed by atoms with Gasteiger partial charge in [-0.05, 0) is 19.7 Å². The lowest BCUT2D eigenvalue weighted by molar-refractivity contribution is -0.385. The largest absolute Gasteiger partial charge is 0.493 e. The summed E-state index contributed by atoms with van der Waals surface area (Å²) < 4.78 is 10.2. The number of methoxy groups -OCH3 is 2. The van der Waals surface area contributed by atoms with Crippen LogP contribution < -0.4 is 14.8 Å². The summed E-state index contributed by atoms with van der Waals surface area (Å²) in [5, 5.41) is 14.2. The molecule has 0 aliphatic carbocycles. The van der Waals surface area contributed by atoms with E-state index >= 15 is 0 Å². The molecule has 27 heavy (non-hydrogen) atoms. The van der Waals surface area contributed by atoms with Crippen LogP contribution in [-0.2, 0) is 0 Å². The first-order chi connectivity index (χ1) is 12.9. The van der Waals surface area contributed by atoms with Crippen LogP contribution in [0.25, 0.3) is 0 Å². The lowest BCUT2D eigenvalue weighted by atomic mass is 10.1. The normalized spacial score (nSPS) is 11.7. The van der Waals surface area contributed by atoms with Gasteiger partial charge in [0.25, 0.3) is 11.6 Å². The molecule has 1 amide bonds. The van der Waals surface area contributed by atoms with Crippen molar-refractivity contribution in [2.24, 2.45) is 0 Å². The second kappa shape index (κ2) is 9.00. The van der Waals surface area contributed by atoms with Gasteiger partial charge in [0.05, 0.1) is 31.3 Å². The molecule has 2 rings (SSSR count). The highest BCUT2D eigenvalue weighted by molar-refractivity contribution is 5.99. The zero-order valence-corrected chi connectivity index (χ0v) is 15.8. The number of likely N-dealkylation sites (N-methyl/N-ethyl adjacent to an activating group) is 1. The van der Waals surface area contributed by atoms with Gasteiger partial charge in [-0.3, -0.25) is 14.9 Å². The number of carbonyl (C=O) groups is 1. The molecule has 0 spiro atoms. The van der Waals surface area contributed by atoms with Gasteiger partial charge in [0.15, 0.2) is 11.5 Å². The van der Waals surface area contributed by atoms with Crippen molar-refractivity contribution in [3.05, 3.63) is 63.7 Å². The minimum absolute atomic E-state index is 0.0747. The first kappa shape index (κ1) is 20.2. The first-order valence-electron chi connectivity index (χ1n) is 8.29. The van der Waals surface area contributed by atoms with E-state index in [1.54, 1.807) is 0 Å². The SMILES string of the molecule is COc1cc(C(=O)NC[C@H](c2ccccc2)N(C)C)c([N+](=O)[O-])cc1OC. The monoisotopic (exact) mass is 373 g/mol. The average Bonchev–Trinajstić information content (AvgIpc) is 2.67. The Bertz CT molecular complexity index is 808. The highest BCUT2D eigenvalue weighted by Gasteiger charge is 2.25. The predicted octanol–water partition coefficient (Wildman–Crippen LogP) is 2.64. The summed E-state index contributed by atoms with van der Waals surface area (Å²) in [6.07, 6.45) is 0. The smallest absolute Gasteiger partial charge is 0.286 e. The molecular weight excluding hydrogens is 350 g/mol. The molecule has 8 nitrogen and oxygen atoms in total. The minimum atomic E-state index is -0.614. The molecule has 0 radical (unpaired) electrons. The van der Waals surface area contributed by atoms with E-state index in [0.29, 0.717) is 6.54 Å². The van der Waals surface area contributed by atoms with E-state index in [4.69, 9.17) is 9.47 Å². The highest BCUT2D eigenvalue weighted by atomic mass is 16.6. The lowest BCUT2D eigenvalue weighted by Crippen LogP contribution is -2.34. The van der Waals surface area contributed by atoms with E-state index in [1.165, 1.54) is 26.4 Å². The fourth-order valence-corrected chi connectivity index (χ4v) is 2.76. The molecule has 0 bridgehead atoms. The van der Waals surface area contributed by atoms with Crippen LogP contribution in [0.4, 0.5) is 5.69 Å². The zero-order valence-electron chi connectivity index (χ0n) is 15.8. The Hall–Kier alpha value is -3.13. The molecule has 2 aromatic carbocycles. The molecule has 0 aliphatic heterocycles. The fourth-order valence-electron chi connectivity index (χ4n) is 2.76. The molecule has 0 heterocycles. The van der Waals surface area contributed by atoms with Gasteiger partial charge in [-0.15, -0.1) is 0 Å². The van der Waals surface area contributed by atoms with Gasteiger partial charge in [-0.2, -0.15) is 0 Å². The second-order valence-electron chi connectivity index (χ2n) is 6.08. The Morgan fingerprint density at radius 2 is 1.74 bits per heavy atom. The summed E-state index contributed by atoms with van der Waals surface area (Å²) >= 11 is 0. The predicted molar refractivity (Wildman–Crippen MR) is 101 cm³/mol. The maximum atomic E-state index is 12.7. The first-order valence-corrected chi connectivity index (χ1v) is 8.29. The van der Waals surface area contributed by atoms with E-state index < -0.39 is 10.8 Å². The third-order valence-corrected chi connectivity index (χ3v) is 4.21.